The molecule has 0 radical (unpaired) electrons. The number of hydrogen-bond acceptors (Lipinski definition) is 6. The van der Waals surface area contributed by atoms with Gasteiger partial charge in [0.15, 0.2) is 0 Å². The van der Waals surface area contributed by atoms with E-state index in [1.54, 1.807) is 27.7 Å². The standard InChI is InChI=1S/C22H36N6O6/c1-11(2)17-20(32)24-10-16(30)27-18(12(3)4)21(33)25-13(5)22(34)28-8-6-7-14(28)19(31)23-9-15(29)26-17/h11-14,17-18H,6-10H2,1-5H3,(H,23,31)(H,24,32)(H,25,33)(H,26,29)(H,27,30). The van der Waals surface area contributed by atoms with E-state index >= 15 is 0 Å². The molecule has 6 amide bonds. The van der Waals surface area contributed by atoms with Gasteiger partial charge in [0, 0.05) is 6.54 Å². The molecule has 2 aliphatic heterocycles. The zero-order valence-corrected chi connectivity index (χ0v) is 20.4. The Balaban J connectivity index is 2.28. The van der Waals surface area contributed by atoms with E-state index < -0.39 is 66.2 Å². The van der Waals surface area contributed by atoms with Crippen molar-refractivity contribution < 1.29 is 28.8 Å². The molecule has 0 saturated carbocycles. The van der Waals surface area contributed by atoms with E-state index in [1.165, 1.54) is 11.8 Å². The molecule has 2 fully saturated rings. The minimum absolute atomic E-state index is 0.285. The van der Waals surface area contributed by atoms with Crippen LogP contribution in [-0.2, 0) is 28.8 Å². The summed E-state index contributed by atoms with van der Waals surface area (Å²) in [6.07, 6.45) is 1.04. The second-order valence-corrected chi connectivity index (χ2v) is 9.43. The van der Waals surface area contributed by atoms with Crippen LogP contribution in [0.5, 0.6) is 0 Å². The average molecular weight is 481 g/mol. The molecule has 12 nitrogen and oxygen atoms in total. The Bertz CT molecular complexity index is 829. The van der Waals surface area contributed by atoms with Gasteiger partial charge in [-0.2, -0.15) is 0 Å². The van der Waals surface area contributed by atoms with Crippen molar-refractivity contribution in [3.63, 3.8) is 0 Å². The van der Waals surface area contributed by atoms with E-state index in [2.05, 4.69) is 26.6 Å². The van der Waals surface area contributed by atoms with Crippen LogP contribution in [0.3, 0.4) is 0 Å². The number of hydrogen-bond donors (Lipinski definition) is 5. The van der Waals surface area contributed by atoms with Gasteiger partial charge >= 0.3 is 0 Å². The summed E-state index contributed by atoms with van der Waals surface area (Å²) in [6, 6.07) is -3.54. The number of amides is 6. The SMILES string of the molecule is CC1NC(=O)C(C(C)C)NC(=O)CNC(=O)C(C(C)C)NC(=O)CNC(=O)C2CCCN2C1=O. The molecular weight excluding hydrogens is 444 g/mol. The molecular formula is C22H36N6O6. The molecule has 0 aliphatic carbocycles. The summed E-state index contributed by atoms with van der Waals surface area (Å²) in [5, 5.41) is 12.8. The van der Waals surface area contributed by atoms with Crippen molar-refractivity contribution >= 4 is 35.4 Å². The van der Waals surface area contributed by atoms with Crippen LogP contribution in [0.2, 0.25) is 0 Å². The lowest BCUT2D eigenvalue weighted by atomic mass is 10.0. The first-order chi connectivity index (χ1) is 15.9. The summed E-state index contributed by atoms with van der Waals surface area (Å²) >= 11 is 0. The number of carbonyl (C=O) groups excluding carboxylic acids is 6. The average Bonchev–Trinajstić information content (AvgIpc) is 3.26. The quantitative estimate of drug-likeness (QED) is 0.307. The second-order valence-electron chi connectivity index (χ2n) is 9.43. The van der Waals surface area contributed by atoms with E-state index in [9.17, 15) is 28.8 Å². The first-order valence-electron chi connectivity index (χ1n) is 11.7. The van der Waals surface area contributed by atoms with Crippen LogP contribution in [-0.4, -0.2) is 84.1 Å². The van der Waals surface area contributed by atoms with E-state index in [-0.39, 0.29) is 18.4 Å². The fourth-order valence-electron chi connectivity index (χ4n) is 4.00. The predicted molar refractivity (Wildman–Crippen MR) is 122 cm³/mol. The van der Waals surface area contributed by atoms with E-state index in [0.29, 0.717) is 19.4 Å². The monoisotopic (exact) mass is 480 g/mol. The van der Waals surface area contributed by atoms with Gasteiger partial charge in [0.2, 0.25) is 35.4 Å². The fourth-order valence-corrected chi connectivity index (χ4v) is 4.00. The van der Waals surface area contributed by atoms with Gasteiger partial charge in [-0.25, -0.2) is 0 Å². The second kappa shape index (κ2) is 11.8. The van der Waals surface area contributed by atoms with Crippen LogP contribution in [0.4, 0.5) is 0 Å². The third-order valence-electron chi connectivity index (χ3n) is 5.95. The van der Waals surface area contributed by atoms with E-state index in [4.69, 9.17) is 0 Å². The smallest absolute Gasteiger partial charge is 0.245 e. The molecule has 2 heterocycles. The summed E-state index contributed by atoms with van der Waals surface area (Å²) in [5.41, 5.74) is 0. The van der Waals surface area contributed by atoms with Gasteiger partial charge in [0.1, 0.15) is 24.2 Å². The largest absolute Gasteiger partial charge is 0.345 e. The first kappa shape index (κ1) is 27.1. The molecule has 4 atom stereocenters. The third-order valence-corrected chi connectivity index (χ3v) is 5.95. The Morgan fingerprint density at radius 2 is 1.24 bits per heavy atom. The van der Waals surface area contributed by atoms with Crippen molar-refractivity contribution in [3.05, 3.63) is 0 Å². The first-order valence-corrected chi connectivity index (χ1v) is 11.7. The summed E-state index contributed by atoms with van der Waals surface area (Å²) in [5.74, 6) is -3.71. The summed E-state index contributed by atoms with van der Waals surface area (Å²) in [4.78, 5) is 77.4. The molecule has 4 unspecified atom stereocenters. The lowest BCUT2D eigenvalue weighted by molar-refractivity contribution is -0.142. The Hall–Kier alpha value is -3.18. The third kappa shape index (κ3) is 6.91. The fraction of sp³-hybridized carbons (Fsp3) is 0.727. The zero-order valence-electron chi connectivity index (χ0n) is 20.4. The van der Waals surface area contributed by atoms with Crippen molar-refractivity contribution in [2.45, 2.75) is 71.6 Å². The highest BCUT2D eigenvalue weighted by Crippen LogP contribution is 2.18. The van der Waals surface area contributed by atoms with Gasteiger partial charge in [-0.3, -0.25) is 28.8 Å². The number of nitrogens with zero attached hydrogens (tertiary/aromatic N) is 1. The highest BCUT2D eigenvalue weighted by molar-refractivity contribution is 5.97. The summed E-state index contributed by atoms with van der Waals surface area (Å²) in [7, 11) is 0. The highest BCUT2D eigenvalue weighted by Gasteiger charge is 2.37. The van der Waals surface area contributed by atoms with E-state index in [0.717, 1.165) is 0 Å². The van der Waals surface area contributed by atoms with Crippen LogP contribution in [0.15, 0.2) is 0 Å². The zero-order chi connectivity index (χ0) is 25.6. The van der Waals surface area contributed by atoms with Crippen molar-refractivity contribution in [2.75, 3.05) is 19.6 Å². The van der Waals surface area contributed by atoms with Crippen molar-refractivity contribution in [2.24, 2.45) is 11.8 Å². The molecule has 0 spiro atoms. The Morgan fingerprint density at radius 1 is 0.735 bits per heavy atom. The molecule has 0 aromatic carbocycles. The Kier molecular flexibility index (Phi) is 9.39. The molecule has 34 heavy (non-hydrogen) atoms. The maximum absolute atomic E-state index is 13.0. The van der Waals surface area contributed by atoms with Gasteiger partial charge in [-0.05, 0) is 31.6 Å². The van der Waals surface area contributed by atoms with Gasteiger partial charge in [-0.15, -0.1) is 0 Å². The molecule has 12 heteroatoms. The number of nitrogens with one attached hydrogen (secondary N) is 5. The van der Waals surface area contributed by atoms with Crippen molar-refractivity contribution in [1.82, 2.24) is 31.5 Å². The molecule has 0 bridgehead atoms. The Morgan fingerprint density at radius 3 is 1.76 bits per heavy atom. The molecule has 2 saturated heterocycles. The predicted octanol–water partition coefficient (Wildman–Crippen LogP) is -1.99. The van der Waals surface area contributed by atoms with Crippen LogP contribution in [0.25, 0.3) is 0 Å². The molecule has 0 aromatic heterocycles. The summed E-state index contributed by atoms with van der Waals surface area (Å²) in [6.45, 7) is 8.06. The van der Waals surface area contributed by atoms with Gasteiger partial charge in [0.05, 0.1) is 13.1 Å². The van der Waals surface area contributed by atoms with Gasteiger partial charge < -0.3 is 31.5 Å². The maximum atomic E-state index is 13.0. The molecule has 0 aromatic rings. The van der Waals surface area contributed by atoms with Gasteiger partial charge in [0.25, 0.3) is 0 Å². The minimum atomic E-state index is -0.934. The topological polar surface area (TPSA) is 166 Å². The number of carbonyl (C=O) groups is 6. The lowest BCUT2D eigenvalue weighted by Gasteiger charge is -2.29. The van der Waals surface area contributed by atoms with Gasteiger partial charge in [-0.1, -0.05) is 27.7 Å². The molecule has 190 valence electrons. The van der Waals surface area contributed by atoms with Crippen LogP contribution in [0, 0.1) is 11.8 Å². The van der Waals surface area contributed by atoms with Crippen LogP contribution < -0.4 is 26.6 Å². The lowest BCUT2D eigenvalue weighted by Crippen LogP contribution is -2.59. The molecule has 5 N–H and O–H groups in total. The van der Waals surface area contributed by atoms with Crippen LogP contribution in [0.1, 0.15) is 47.5 Å². The number of fused-ring (bicyclic) bond motifs is 1. The summed E-state index contributed by atoms with van der Waals surface area (Å²) < 4.78 is 0. The van der Waals surface area contributed by atoms with Crippen molar-refractivity contribution in [3.8, 4) is 0 Å². The molecule has 2 rings (SSSR count). The van der Waals surface area contributed by atoms with Crippen molar-refractivity contribution in [1.29, 1.82) is 0 Å². The van der Waals surface area contributed by atoms with Crippen LogP contribution >= 0.6 is 0 Å². The minimum Gasteiger partial charge on any atom is -0.345 e. The van der Waals surface area contributed by atoms with E-state index in [1.807, 2.05) is 0 Å². The normalized spacial score (nSPS) is 28.4. The molecule has 2 aliphatic rings. The number of rotatable bonds is 2. The Labute approximate surface area is 199 Å². The maximum Gasteiger partial charge on any atom is 0.245 e. The highest BCUT2D eigenvalue weighted by atomic mass is 16.2.